The quantitative estimate of drug-likeness (QED) is 0.855. The van der Waals surface area contributed by atoms with E-state index in [0.29, 0.717) is 0 Å². The van der Waals surface area contributed by atoms with Gasteiger partial charge >= 0.3 is 6.03 Å². The Labute approximate surface area is 112 Å². The van der Waals surface area contributed by atoms with E-state index in [1.165, 1.54) is 0 Å². The van der Waals surface area contributed by atoms with E-state index in [2.05, 4.69) is 26.6 Å². The second-order valence-electron chi connectivity index (χ2n) is 4.32. The third kappa shape index (κ3) is 3.19. The van der Waals surface area contributed by atoms with Crippen LogP contribution in [0.25, 0.3) is 0 Å². The molecule has 0 saturated heterocycles. The molecule has 1 aromatic rings. The van der Waals surface area contributed by atoms with Gasteiger partial charge in [-0.05, 0) is 34.8 Å². The molecule has 2 rings (SSSR count). The molecule has 0 unspecified atom stereocenters. The predicted octanol–water partition coefficient (Wildman–Crippen LogP) is 3.79. The van der Waals surface area contributed by atoms with Gasteiger partial charge in [-0.15, -0.1) is 0 Å². The summed E-state index contributed by atoms with van der Waals surface area (Å²) in [7, 11) is 0. The fourth-order valence-corrected chi connectivity index (χ4v) is 2.57. The van der Waals surface area contributed by atoms with Gasteiger partial charge in [-0.1, -0.05) is 12.8 Å². The lowest BCUT2D eigenvalue weighted by Gasteiger charge is -2.14. The lowest BCUT2D eigenvalue weighted by molar-refractivity contribution is 0.248. The third-order valence-electron chi connectivity index (χ3n) is 2.94. The Balaban J connectivity index is 2.02. The Morgan fingerprint density at radius 3 is 2.56 bits per heavy atom. The molecule has 0 aliphatic heterocycles. The Hall–Kier alpha value is -1.17. The van der Waals surface area contributed by atoms with E-state index in [-0.39, 0.29) is 16.2 Å². The molecule has 0 atom stereocenters. The minimum Gasteiger partial charge on any atom is -0.335 e. The van der Waals surface area contributed by atoms with Crippen LogP contribution in [0.2, 0.25) is 0 Å². The van der Waals surface area contributed by atoms with E-state index in [1.807, 2.05) is 0 Å². The second-order valence-corrected chi connectivity index (χ2v) is 5.18. The van der Waals surface area contributed by atoms with Crippen LogP contribution in [0, 0.1) is 11.6 Å². The molecule has 0 bridgehead atoms. The maximum absolute atomic E-state index is 13.5. The van der Waals surface area contributed by atoms with Gasteiger partial charge in [0.15, 0.2) is 5.82 Å². The highest BCUT2D eigenvalue weighted by atomic mass is 79.9. The molecule has 98 valence electrons. The number of halogens is 3. The van der Waals surface area contributed by atoms with E-state index < -0.39 is 17.7 Å². The molecule has 18 heavy (non-hydrogen) atoms. The van der Waals surface area contributed by atoms with Crippen LogP contribution in [0.4, 0.5) is 19.3 Å². The first-order valence-electron chi connectivity index (χ1n) is 5.78. The van der Waals surface area contributed by atoms with Crippen LogP contribution in [-0.2, 0) is 0 Å². The molecule has 0 aromatic heterocycles. The third-order valence-corrected chi connectivity index (χ3v) is 3.56. The highest BCUT2D eigenvalue weighted by Crippen LogP contribution is 2.27. The van der Waals surface area contributed by atoms with Crippen molar-refractivity contribution in [3.8, 4) is 0 Å². The van der Waals surface area contributed by atoms with Crippen LogP contribution in [0.5, 0.6) is 0 Å². The van der Waals surface area contributed by atoms with Gasteiger partial charge in [0, 0.05) is 16.6 Å². The maximum Gasteiger partial charge on any atom is 0.319 e. The van der Waals surface area contributed by atoms with Crippen molar-refractivity contribution >= 4 is 27.6 Å². The first-order valence-corrected chi connectivity index (χ1v) is 6.57. The van der Waals surface area contributed by atoms with Gasteiger partial charge in [0.25, 0.3) is 0 Å². The number of urea groups is 1. The molecule has 2 N–H and O–H groups in total. The van der Waals surface area contributed by atoms with Crippen LogP contribution in [-0.4, -0.2) is 12.1 Å². The summed E-state index contributed by atoms with van der Waals surface area (Å²) >= 11 is 3.02. The van der Waals surface area contributed by atoms with Gasteiger partial charge in [0.1, 0.15) is 5.82 Å². The molecule has 0 spiro atoms. The molecule has 1 saturated carbocycles. The normalized spacial score (nSPS) is 15.7. The van der Waals surface area contributed by atoms with Crippen molar-refractivity contribution < 1.29 is 13.6 Å². The maximum atomic E-state index is 13.5. The fourth-order valence-electron chi connectivity index (χ4n) is 2.07. The number of benzene rings is 1. The zero-order valence-electron chi connectivity index (χ0n) is 9.60. The van der Waals surface area contributed by atoms with Gasteiger partial charge in [-0.3, -0.25) is 0 Å². The van der Waals surface area contributed by atoms with Crippen molar-refractivity contribution in [1.82, 2.24) is 5.32 Å². The van der Waals surface area contributed by atoms with Crippen molar-refractivity contribution in [3.63, 3.8) is 0 Å². The molecule has 0 radical (unpaired) electrons. The molecule has 2 amide bonds. The molecule has 6 heteroatoms. The highest BCUT2D eigenvalue weighted by Gasteiger charge is 2.18. The summed E-state index contributed by atoms with van der Waals surface area (Å²) in [5.41, 5.74) is -0.0492. The minimum atomic E-state index is -0.802. The summed E-state index contributed by atoms with van der Waals surface area (Å²) < 4.78 is 26.5. The number of nitrogens with one attached hydrogen (secondary N) is 2. The number of hydrogen-bond acceptors (Lipinski definition) is 1. The van der Waals surface area contributed by atoms with Gasteiger partial charge in [-0.25, -0.2) is 13.6 Å². The molecule has 0 heterocycles. The van der Waals surface area contributed by atoms with Crippen LogP contribution in [0.15, 0.2) is 16.6 Å². The van der Waals surface area contributed by atoms with Crippen LogP contribution in [0.3, 0.4) is 0 Å². The van der Waals surface area contributed by atoms with E-state index in [1.54, 1.807) is 0 Å². The monoisotopic (exact) mass is 318 g/mol. The van der Waals surface area contributed by atoms with Crippen LogP contribution >= 0.6 is 15.9 Å². The van der Waals surface area contributed by atoms with Crippen molar-refractivity contribution in [2.45, 2.75) is 31.7 Å². The topological polar surface area (TPSA) is 41.1 Å². The van der Waals surface area contributed by atoms with E-state index in [0.717, 1.165) is 37.8 Å². The largest absolute Gasteiger partial charge is 0.335 e. The molecule has 1 aliphatic carbocycles. The zero-order valence-corrected chi connectivity index (χ0v) is 11.2. The van der Waals surface area contributed by atoms with Crippen molar-refractivity contribution in [2.75, 3.05) is 5.32 Å². The number of carbonyl (C=O) groups is 1. The first-order chi connectivity index (χ1) is 8.56. The summed E-state index contributed by atoms with van der Waals surface area (Å²) in [6.07, 6.45) is 4.08. The molecule has 1 fully saturated rings. The van der Waals surface area contributed by atoms with E-state index in [9.17, 15) is 13.6 Å². The van der Waals surface area contributed by atoms with Gasteiger partial charge < -0.3 is 10.6 Å². The van der Waals surface area contributed by atoms with Crippen LogP contribution < -0.4 is 10.6 Å². The number of amides is 2. The molecule has 1 aliphatic rings. The number of hydrogen-bond donors (Lipinski definition) is 2. The molecule has 3 nitrogen and oxygen atoms in total. The fraction of sp³-hybridized carbons (Fsp3) is 0.417. The SMILES string of the molecule is O=C(Nc1c(F)cc(F)cc1Br)NC1CCCC1. The van der Waals surface area contributed by atoms with Crippen molar-refractivity contribution in [2.24, 2.45) is 0 Å². The first kappa shape index (κ1) is 13.3. The van der Waals surface area contributed by atoms with Crippen molar-refractivity contribution in [3.05, 3.63) is 28.2 Å². The number of rotatable bonds is 2. The minimum absolute atomic E-state index is 0.0492. The number of anilines is 1. The Morgan fingerprint density at radius 2 is 1.94 bits per heavy atom. The summed E-state index contributed by atoms with van der Waals surface area (Å²) in [6.45, 7) is 0. The summed E-state index contributed by atoms with van der Waals surface area (Å²) in [6, 6.07) is 1.52. The Bertz CT molecular complexity index is 438. The lowest BCUT2D eigenvalue weighted by Crippen LogP contribution is -2.36. The smallest absolute Gasteiger partial charge is 0.319 e. The highest BCUT2D eigenvalue weighted by molar-refractivity contribution is 9.10. The van der Waals surface area contributed by atoms with Gasteiger partial charge in [0.2, 0.25) is 0 Å². The summed E-state index contributed by atoms with van der Waals surface area (Å²) in [5, 5.41) is 5.16. The lowest BCUT2D eigenvalue weighted by atomic mass is 10.2. The Kier molecular flexibility index (Phi) is 4.16. The molecule has 1 aromatic carbocycles. The predicted molar refractivity (Wildman–Crippen MR) is 68.5 cm³/mol. The molecular formula is C12H13BrF2N2O. The summed E-state index contributed by atoms with van der Waals surface area (Å²) in [5.74, 6) is -1.50. The Morgan fingerprint density at radius 1 is 1.28 bits per heavy atom. The van der Waals surface area contributed by atoms with E-state index in [4.69, 9.17) is 0 Å². The van der Waals surface area contributed by atoms with Gasteiger partial charge in [0.05, 0.1) is 5.69 Å². The average molecular weight is 319 g/mol. The number of carbonyl (C=O) groups excluding carboxylic acids is 1. The second kappa shape index (κ2) is 5.65. The zero-order chi connectivity index (χ0) is 13.1. The van der Waals surface area contributed by atoms with E-state index >= 15 is 0 Å². The standard InChI is InChI=1S/C12H13BrF2N2O/c13-9-5-7(14)6-10(15)11(9)17-12(18)16-8-3-1-2-4-8/h5-6,8H,1-4H2,(H2,16,17,18). The van der Waals surface area contributed by atoms with Crippen LogP contribution in [0.1, 0.15) is 25.7 Å². The summed E-state index contributed by atoms with van der Waals surface area (Å²) in [4.78, 5) is 11.7. The molecular weight excluding hydrogens is 306 g/mol. The van der Waals surface area contributed by atoms with Gasteiger partial charge in [-0.2, -0.15) is 0 Å². The van der Waals surface area contributed by atoms with Crippen molar-refractivity contribution in [1.29, 1.82) is 0 Å². The average Bonchev–Trinajstić information content (AvgIpc) is 2.76.